The maximum atomic E-state index is 13.6. The zero-order chi connectivity index (χ0) is 19.7. The molecular formula is C17H35BN4O4S. The lowest BCUT2D eigenvalue weighted by atomic mass is 9.79. The molecule has 0 aromatic rings. The molecule has 156 valence electrons. The molecule has 0 bridgehead atoms. The van der Waals surface area contributed by atoms with Crippen LogP contribution in [-0.4, -0.2) is 78.0 Å². The van der Waals surface area contributed by atoms with Crippen molar-refractivity contribution in [1.29, 1.82) is 0 Å². The first-order chi connectivity index (χ1) is 12.7. The summed E-state index contributed by atoms with van der Waals surface area (Å²) in [7, 11) is -4.87. The van der Waals surface area contributed by atoms with Gasteiger partial charge in [-0.05, 0) is 57.8 Å². The van der Waals surface area contributed by atoms with E-state index in [1.165, 1.54) is 0 Å². The average molecular weight is 402 g/mol. The molecule has 0 amide bonds. The molecule has 0 aromatic heterocycles. The normalized spacial score (nSPS) is 33.4. The van der Waals surface area contributed by atoms with Gasteiger partial charge in [-0.15, -0.1) is 0 Å². The zero-order valence-corrected chi connectivity index (χ0v) is 17.2. The van der Waals surface area contributed by atoms with E-state index in [0.717, 1.165) is 45.2 Å². The van der Waals surface area contributed by atoms with Crippen molar-refractivity contribution < 1.29 is 18.5 Å². The van der Waals surface area contributed by atoms with Crippen LogP contribution >= 0.6 is 0 Å². The summed E-state index contributed by atoms with van der Waals surface area (Å²) in [5, 5.41) is 21.5. The first-order valence-corrected chi connectivity index (χ1v) is 11.8. The minimum Gasteiger partial charge on any atom is -0.427 e. The third-order valence-electron chi connectivity index (χ3n) is 6.55. The highest BCUT2D eigenvalue weighted by atomic mass is 32.2. The molecule has 8 nitrogen and oxygen atoms in total. The first kappa shape index (κ1) is 21.5. The van der Waals surface area contributed by atoms with Gasteiger partial charge >= 0.3 is 7.12 Å². The van der Waals surface area contributed by atoms with E-state index >= 15 is 0 Å². The minimum atomic E-state index is -3.56. The number of nitrogens with zero attached hydrogens (tertiary/aromatic N) is 2. The largest absolute Gasteiger partial charge is 0.451 e. The van der Waals surface area contributed by atoms with Gasteiger partial charge < -0.3 is 21.1 Å². The third-order valence-corrected chi connectivity index (χ3v) is 8.61. The summed E-state index contributed by atoms with van der Waals surface area (Å²) in [6, 6.07) is 0.147. The molecular weight excluding hydrogens is 367 g/mol. The van der Waals surface area contributed by atoms with Gasteiger partial charge in [0.1, 0.15) is 0 Å². The van der Waals surface area contributed by atoms with Gasteiger partial charge in [-0.1, -0.05) is 12.8 Å². The topological polar surface area (TPSA) is 119 Å². The molecule has 1 aliphatic carbocycles. The van der Waals surface area contributed by atoms with Crippen LogP contribution in [-0.2, 0) is 10.2 Å². The first-order valence-electron chi connectivity index (χ1n) is 10.4. The van der Waals surface area contributed by atoms with Gasteiger partial charge in [0.05, 0.1) is 0 Å². The Morgan fingerprint density at radius 2 is 1.96 bits per heavy atom. The van der Waals surface area contributed by atoms with Gasteiger partial charge in [-0.3, -0.25) is 0 Å². The second-order valence-corrected chi connectivity index (χ2v) is 10.7. The van der Waals surface area contributed by atoms with Crippen LogP contribution in [0.3, 0.4) is 0 Å². The molecule has 0 spiro atoms. The molecule has 0 radical (unpaired) electrons. The second-order valence-electron chi connectivity index (χ2n) is 8.83. The fourth-order valence-electron chi connectivity index (χ4n) is 4.67. The standard InChI is InChI=1S/C17H35BN4O4S/c1-17(19)13-21(12-14(17)5-3-9-18(23)24)27(25,26)22(15-6-2-7-15)16-8-4-10-20-11-16/h14-16,20,23-24H,2-13,19H2,1H3/t14-,16+,17-/m0/s1. The van der Waals surface area contributed by atoms with E-state index in [1.807, 2.05) is 6.92 Å². The van der Waals surface area contributed by atoms with Crippen molar-refractivity contribution in [3.63, 3.8) is 0 Å². The summed E-state index contributed by atoms with van der Waals surface area (Å²) in [6.45, 7) is 4.34. The molecule has 3 rings (SSSR count). The Labute approximate surface area is 163 Å². The Morgan fingerprint density at radius 1 is 1.26 bits per heavy atom. The van der Waals surface area contributed by atoms with Crippen LogP contribution in [0, 0.1) is 5.92 Å². The van der Waals surface area contributed by atoms with Crippen molar-refractivity contribution in [2.45, 2.75) is 75.8 Å². The summed E-state index contributed by atoms with van der Waals surface area (Å²) in [5.74, 6) is 0.0266. The minimum absolute atomic E-state index is 0.0266. The number of nitrogens with two attached hydrogens (primary N) is 1. The lowest BCUT2D eigenvalue weighted by Crippen LogP contribution is -2.58. The smallest absolute Gasteiger partial charge is 0.427 e. The highest BCUT2D eigenvalue weighted by Gasteiger charge is 2.49. The molecule has 2 aliphatic heterocycles. The van der Waals surface area contributed by atoms with Gasteiger partial charge in [0.2, 0.25) is 0 Å². The Morgan fingerprint density at radius 3 is 2.52 bits per heavy atom. The van der Waals surface area contributed by atoms with Gasteiger partial charge in [0.25, 0.3) is 10.2 Å². The van der Waals surface area contributed by atoms with Gasteiger partial charge in [-0.2, -0.15) is 17.0 Å². The molecule has 3 fully saturated rings. The molecule has 3 aliphatic rings. The number of hydrogen-bond donors (Lipinski definition) is 4. The number of nitrogens with one attached hydrogen (secondary N) is 1. The van der Waals surface area contributed by atoms with Crippen molar-refractivity contribution in [2.75, 3.05) is 26.2 Å². The van der Waals surface area contributed by atoms with E-state index in [-0.39, 0.29) is 18.0 Å². The lowest BCUT2D eigenvalue weighted by molar-refractivity contribution is 0.143. The van der Waals surface area contributed by atoms with Crippen molar-refractivity contribution in [1.82, 2.24) is 13.9 Å². The maximum absolute atomic E-state index is 13.6. The zero-order valence-electron chi connectivity index (χ0n) is 16.4. The summed E-state index contributed by atoms with van der Waals surface area (Å²) in [4.78, 5) is 0. The fourth-order valence-corrected chi connectivity index (χ4v) is 6.89. The Bertz CT molecular complexity index is 594. The van der Waals surface area contributed by atoms with Crippen LogP contribution in [0.5, 0.6) is 0 Å². The van der Waals surface area contributed by atoms with Gasteiger partial charge in [-0.25, -0.2) is 0 Å². The second kappa shape index (κ2) is 8.65. The number of rotatable bonds is 8. The Hall–Kier alpha value is -0.225. The maximum Gasteiger partial charge on any atom is 0.451 e. The van der Waals surface area contributed by atoms with Crippen LogP contribution in [0.15, 0.2) is 0 Å². The van der Waals surface area contributed by atoms with E-state index in [0.29, 0.717) is 32.3 Å². The molecule has 10 heteroatoms. The molecule has 0 unspecified atom stereocenters. The molecule has 5 N–H and O–H groups in total. The van der Waals surface area contributed by atoms with Gasteiger partial charge in [0, 0.05) is 37.3 Å². The summed E-state index contributed by atoms with van der Waals surface area (Å²) in [6.07, 6.45) is 6.52. The molecule has 3 atom stereocenters. The van der Waals surface area contributed by atoms with E-state index < -0.39 is 22.9 Å². The van der Waals surface area contributed by atoms with Crippen molar-refractivity contribution in [3.05, 3.63) is 0 Å². The van der Waals surface area contributed by atoms with Crippen LogP contribution in [0.25, 0.3) is 0 Å². The highest BCUT2D eigenvalue weighted by Crippen LogP contribution is 2.37. The number of hydrogen-bond acceptors (Lipinski definition) is 6. The quantitative estimate of drug-likeness (QED) is 0.416. The van der Waals surface area contributed by atoms with E-state index in [2.05, 4.69) is 5.32 Å². The summed E-state index contributed by atoms with van der Waals surface area (Å²) in [5.41, 5.74) is 5.87. The molecule has 27 heavy (non-hydrogen) atoms. The summed E-state index contributed by atoms with van der Waals surface area (Å²) < 4.78 is 30.5. The van der Waals surface area contributed by atoms with Crippen LogP contribution in [0.1, 0.15) is 51.9 Å². The highest BCUT2D eigenvalue weighted by molar-refractivity contribution is 7.86. The summed E-state index contributed by atoms with van der Waals surface area (Å²) >= 11 is 0. The van der Waals surface area contributed by atoms with Crippen molar-refractivity contribution in [3.8, 4) is 0 Å². The van der Waals surface area contributed by atoms with Crippen LogP contribution in [0.4, 0.5) is 0 Å². The SMILES string of the molecule is C[C@]1(N)CN(S(=O)(=O)N(C2CCC2)[C@@H]2CCCNC2)C[C@@H]1CCCB(O)O. The molecule has 2 heterocycles. The molecule has 2 saturated heterocycles. The number of piperidine rings is 1. The molecule has 1 saturated carbocycles. The Kier molecular flexibility index (Phi) is 6.88. The van der Waals surface area contributed by atoms with E-state index in [1.54, 1.807) is 8.61 Å². The molecule has 0 aromatic carbocycles. The monoisotopic (exact) mass is 402 g/mol. The predicted molar refractivity (Wildman–Crippen MR) is 106 cm³/mol. The van der Waals surface area contributed by atoms with Crippen LogP contribution < -0.4 is 11.1 Å². The van der Waals surface area contributed by atoms with Crippen molar-refractivity contribution >= 4 is 17.3 Å². The van der Waals surface area contributed by atoms with Crippen LogP contribution in [0.2, 0.25) is 6.32 Å². The van der Waals surface area contributed by atoms with E-state index in [4.69, 9.17) is 15.8 Å². The predicted octanol–water partition coefficient (Wildman–Crippen LogP) is -0.260. The fraction of sp³-hybridized carbons (Fsp3) is 1.00. The van der Waals surface area contributed by atoms with Gasteiger partial charge in [0.15, 0.2) is 0 Å². The van der Waals surface area contributed by atoms with E-state index in [9.17, 15) is 8.42 Å². The average Bonchev–Trinajstić information content (AvgIpc) is 2.87. The van der Waals surface area contributed by atoms with Crippen molar-refractivity contribution in [2.24, 2.45) is 11.7 Å². The third kappa shape index (κ3) is 4.86. The Balaban J connectivity index is 1.72. The lowest BCUT2D eigenvalue weighted by Gasteiger charge is -2.44.